The number of fused-ring (bicyclic) bond motifs is 2. The van der Waals surface area contributed by atoms with Gasteiger partial charge in [0, 0.05) is 18.8 Å². The number of nitrogens with zero attached hydrogens (tertiary/aromatic N) is 4. The minimum atomic E-state index is -0.224. The summed E-state index contributed by atoms with van der Waals surface area (Å²) in [5.41, 5.74) is 1.68. The summed E-state index contributed by atoms with van der Waals surface area (Å²) in [6.07, 6.45) is 6.60. The third kappa shape index (κ3) is 4.04. The van der Waals surface area contributed by atoms with Crippen LogP contribution in [0.4, 0.5) is 5.82 Å². The molecule has 1 amide bonds. The Balaban J connectivity index is 1.38. The van der Waals surface area contributed by atoms with Crippen LogP contribution >= 0.6 is 24.0 Å². The van der Waals surface area contributed by atoms with E-state index >= 15 is 0 Å². The van der Waals surface area contributed by atoms with Crippen LogP contribution in [0.3, 0.4) is 0 Å². The number of hydrogen-bond acceptors (Lipinski definition) is 8. The van der Waals surface area contributed by atoms with Crippen molar-refractivity contribution in [3.8, 4) is 11.5 Å². The number of aromatic nitrogens is 2. The molecule has 10 heteroatoms. The van der Waals surface area contributed by atoms with E-state index in [0.29, 0.717) is 44.3 Å². The summed E-state index contributed by atoms with van der Waals surface area (Å²) < 4.78 is 12.8. The lowest BCUT2D eigenvalue weighted by Gasteiger charge is -2.35. The summed E-state index contributed by atoms with van der Waals surface area (Å²) in [4.78, 5) is 36.1. The monoisotopic (exact) mass is 520 g/mol. The van der Waals surface area contributed by atoms with Crippen LogP contribution in [0.1, 0.15) is 37.3 Å². The van der Waals surface area contributed by atoms with Crippen molar-refractivity contribution >= 4 is 51.7 Å². The molecule has 8 nitrogen and oxygen atoms in total. The standard InChI is InChI=1S/C26H24N4O4S2/c1-16-6-2-4-10-28(16)23-18(24(31)29-11-5-3-7-22(29)27-23)13-21-25(32)30(26(35)36-21)14-17-8-9-19-20(12-17)34-15-33-19/h3,5,7-9,11-13,16H,2,4,6,10,14-15H2,1H3/b21-13+. The topological polar surface area (TPSA) is 76.4 Å². The number of carbonyl (C=O) groups excluding carboxylic acids is 1. The van der Waals surface area contributed by atoms with Crippen molar-refractivity contribution in [1.82, 2.24) is 14.3 Å². The molecule has 0 spiro atoms. The van der Waals surface area contributed by atoms with E-state index in [2.05, 4.69) is 11.8 Å². The highest BCUT2D eigenvalue weighted by Crippen LogP contribution is 2.37. The molecule has 0 aliphatic carbocycles. The number of thiocarbonyl (C=S) groups is 1. The maximum Gasteiger partial charge on any atom is 0.267 e. The van der Waals surface area contributed by atoms with Gasteiger partial charge in [0.05, 0.1) is 17.0 Å². The molecular weight excluding hydrogens is 496 g/mol. The molecule has 1 aromatic carbocycles. The van der Waals surface area contributed by atoms with E-state index in [1.54, 1.807) is 23.2 Å². The maximum absolute atomic E-state index is 13.6. The van der Waals surface area contributed by atoms with Gasteiger partial charge in [0.15, 0.2) is 11.5 Å². The maximum atomic E-state index is 13.6. The lowest BCUT2D eigenvalue weighted by Crippen LogP contribution is -2.40. The van der Waals surface area contributed by atoms with E-state index < -0.39 is 0 Å². The van der Waals surface area contributed by atoms with Gasteiger partial charge in [-0.05, 0) is 62.1 Å². The largest absolute Gasteiger partial charge is 0.454 e. The second-order valence-electron chi connectivity index (χ2n) is 9.08. The van der Waals surface area contributed by atoms with Crippen molar-refractivity contribution in [3.63, 3.8) is 0 Å². The number of benzene rings is 1. The first kappa shape index (κ1) is 23.1. The molecule has 184 valence electrons. The lowest BCUT2D eigenvalue weighted by molar-refractivity contribution is -0.122. The van der Waals surface area contributed by atoms with Crippen LogP contribution in [0, 0.1) is 0 Å². The molecule has 6 rings (SSSR count). The Morgan fingerprint density at radius 3 is 2.89 bits per heavy atom. The Hall–Kier alpha value is -3.37. The fourth-order valence-corrected chi connectivity index (χ4v) is 6.08. The quantitative estimate of drug-likeness (QED) is 0.374. The van der Waals surface area contributed by atoms with Gasteiger partial charge in [-0.25, -0.2) is 4.98 Å². The summed E-state index contributed by atoms with van der Waals surface area (Å²) >= 11 is 6.77. The summed E-state index contributed by atoms with van der Waals surface area (Å²) in [6, 6.07) is 11.3. The molecule has 3 aromatic rings. The number of ether oxygens (including phenoxy) is 2. The third-order valence-corrected chi connectivity index (χ3v) is 8.13. The minimum absolute atomic E-state index is 0.190. The molecule has 0 N–H and O–H groups in total. The molecule has 36 heavy (non-hydrogen) atoms. The summed E-state index contributed by atoms with van der Waals surface area (Å²) in [5.74, 6) is 1.74. The molecule has 0 saturated carbocycles. The number of amides is 1. The SMILES string of the molecule is CC1CCCCN1c1nc2ccccn2c(=O)c1/C=C1/SC(=S)N(Cc2ccc3c(c2)OCO3)C1=O. The van der Waals surface area contributed by atoms with Gasteiger partial charge in [0.1, 0.15) is 15.8 Å². The molecule has 2 saturated heterocycles. The van der Waals surface area contributed by atoms with Gasteiger partial charge in [-0.2, -0.15) is 0 Å². The Bertz CT molecular complexity index is 1480. The molecular formula is C26H24N4O4S2. The number of rotatable bonds is 4. The second kappa shape index (κ2) is 9.25. The molecule has 2 aromatic heterocycles. The van der Waals surface area contributed by atoms with Crippen LogP contribution in [0.2, 0.25) is 0 Å². The number of anilines is 1. The highest BCUT2D eigenvalue weighted by molar-refractivity contribution is 8.26. The first-order valence-corrected chi connectivity index (χ1v) is 13.1. The van der Waals surface area contributed by atoms with Crippen LogP contribution < -0.4 is 19.9 Å². The van der Waals surface area contributed by atoms with Gasteiger partial charge in [-0.3, -0.25) is 18.9 Å². The van der Waals surface area contributed by atoms with Crippen molar-refractivity contribution < 1.29 is 14.3 Å². The summed E-state index contributed by atoms with van der Waals surface area (Å²) in [6.45, 7) is 3.48. The van der Waals surface area contributed by atoms with Gasteiger partial charge < -0.3 is 14.4 Å². The molecule has 1 atom stereocenters. The predicted octanol–water partition coefficient (Wildman–Crippen LogP) is 4.20. The molecule has 0 bridgehead atoms. The first-order valence-electron chi connectivity index (χ1n) is 11.9. The number of hydrogen-bond donors (Lipinski definition) is 0. The number of pyridine rings is 1. The van der Waals surface area contributed by atoms with E-state index in [-0.39, 0.29) is 24.3 Å². The number of thioether (sulfide) groups is 1. The fraction of sp³-hybridized carbons (Fsp3) is 0.308. The third-order valence-electron chi connectivity index (χ3n) is 6.75. The molecule has 1 unspecified atom stereocenters. The van der Waals surface area contributed by atoms with E-state index in [1.165, 1.54) is 16.2 Å². The molecule has 2 fully saturated rings. The van der Waals surface area contributed by atoms with Crippen molar-refractivity contribution in [1.29, 1.82) is 0 Å². The molecule has 0 radical (unpaired) electrons. The zero-order valence-corrected chi connectivity index (χ0v) is 21.3. The fourth-order valence-electron chi connectivity index (χ4n) is 4.84. The van der Waals surface area contributed by atoms with Crippen LogP contribution in [0.25, 0.3) is 11.7 Å². The Labute approximate surface area is 217 Å². The van der Waals surface area contributed by atoms with Gasteiger partial charge >= 0.3 is 0 Å². The van der Waals surface area contributed by atoms with E-state index in [9.17, 15) is 9.59 Å². The van der Waals surface area contributed by atoms with E-state index in [4.69, 9.17) is 26.7 Å². The highest BCUT2D eigenvalue weighted by Gasteiger charge is 2.34. The van der Waals surface area contributed by atoms with Gasteiger partial charge in [-0.15, -0.1) is 0 Å². The van der Waals surface area contributed by atoms with Gasteiger partial charge in [-0.1, -0.05) is 36.1 Å². The number of carbonyl (C=O) groups is 1. The molecule has 5 heterocycles. The van der Waals surface area contributed by atoms with E-state index in [1.807, 2.05) is 30.3 Å². The zero-order valence-electron chi connectivity index (χ0n) is 19.7. The van der Waals surface area contributed by atoms with Crippen molar-refractivity contribution in [3.05, 3.63) is 69.0 Å². The van der Waals surface area contributed by atoms with Gasteiger partial charge in [0.2, 0.25) is 6.79 Å². The van der Waals surface area contributed by atoms with Crippen LogP contribution in [-0.2, 0) is 11.3 Å². The first-order chi connectivity index (χ1) is 17.5. The lowest BCUT2D eigenvalue weighted by atomic mass is 10.0. The van der Waals surface area contributed by atoms with Crippen LogP contribution in [-0.4, -0.2) is 43.9 Å². The zero-order chi connectivity index (χ0) is 24.8. The normalized spacial score (nSPS) is 20.7. The van der Waals surface area contributed by atoms with Crippen LogP contribution in [0.15, 0.2) is 52.3 Å². The van der Waals surface area contributed by atoms with Crippen molar-refractivity contribution in [2.75, 3.05) is 18.2 Å². The van der Waals surface area contributed by atoms with Crippen LogP contribution in [0.5, 0.6) is 11.5 Å². The average Bonchev–Trinajstić information content (AvgIpc) is 3.45. The Morgan fingerprint density at radius 1 is 1.17 bits per heavy atom. The Kier molecular flexibility index (Phi) is 5.93. The Morgan fingerprint density at radius 2 is 2.03 bits per heavy atom. The summed E-state index contributed by atoms with van der Waals surface area (Å²) in [7, 11) is 0. The van der Waals surface area contributed by atoms with E-state index in [0.717, 1.165) is 31.4 Å². The smallest absolute Gasteiger partial charge is 0.267 e. The van der Waals surface area contributed by atoms with Crippen molar-refractivity contribution in [2.24, 2.45) is 0 Å². The highest BCUT2D eigenvalue weighted by atomic mass is 32.2. The average molecular weight is 521 g/mol. The second-order valence-corrected chi connectivity index (χ2v) is 10.8. The minimum Gasteiger partial charge on any atom is -0.454 e. The molecule has 3 aliphatic rings. The van der Waals surface area contributed by atoms with Gasteiger partial charge in [0.25, 0.3) is 11.5 Å². The van der Waals surface area contributed by atoms with Crippen molar-refractivity contribution in [2.45, 2.75) is 38.8 Å². The summed E-state index contributed by atoms with van der Waals surface area (Å²) in [5, 5.41) is 0. The number of piperidine rings is 1. The predicted molar refractivity (Wildman–Crippen MR) is 143 cm³/mol. The molecule has 3 aliphatic heterocycles.